The maximum absolute atomic E-state index is 11.0. The van der Waals surface area contributed by atoms with Gasteiger partial charge in [0.2, 0.25) is 0 Å². The molecule has 0 spiro atoms. The van der Waals surface area contributed by atoms with Crippen molar-refractivity contribution in [3.63, 3.8) is 0 Å². The number of hydrogen-bond acceptors (Lipinski definition) is 5. The second kappa shape index (κ2) is 10.8. The number of thioether (sulfide) groups is 2. The Morgan fingerprint density at radius 1 is 0.784 bits per heavy atom. The standard InChI is InChI=1S/C30H26O3S4/c1-21(34)36-25-17-13-23(14-18-25)30(22-11-15-24(16-12-22)35-19-6-20-37(31,32)33)28-9-4-2-7-26(28)27-8-3-5-10-29(27)30/h2-5,7-18H,6,19-20H2,1H3,(H,31,32,33). The SMILES string of the molecule is CC(=S)Sc1ccc(C2(c3ccc(SCCCS(=O)(=O)O)cc3)c3ccccc3-c3ccccc32)cc1. The van der Waals surface area contributed by atoms with E-state index in [2.05, 4.69) is 97.1 Å². The van der Waals surface area contributed by atoms with Crippen molar-refractivity contribution in [2.45, 2.75) is 28.6 Å². The van der Waals surface area contributed by atoms with Crippen LogP contribution in [0, 0.1) is 0 Å². The van der Waals surface area contributed by atoms with Crippen molar-refractivity contribution in [3.8, 4) is 11.1 Å². The second-order valence-electron chi connectivity index (χ2n) is 8.97. The maximum Gasteiger partial charge on any atom is 0.264 e. The zero-order valence-electron chi connectivity index (χ0n) is 20.3. The molecule has 4 aromatic rings. The van der Waals surface area contributed by atoms with Crippen molar-refractivity contribution in [2.75, 3.05) is 11.5 Å². The van der Waals surface area contributed by atoms with Gasteiger partial charge >= 0.3 is 0 Å². The molecular formula is C30H26O3S4. The number of benzene rings is 4. The molecule has 0 amide bonds. The highest BCUT2D eigenvalue weighted by Crippen LogP contribution is 2.56. The molecule has 0 saturated carbocycles. The molecule has 4 aromatic carbocycles. The van der Waals surface area contributed by atoms with Crippen LogP contribution in [0.4, 0.5) is 0 Å². The summed E-state index contributed by atoms with van der Waals surface area (Å²) in [5.74, 6) is 0.403. The zero-order chi connectivity index (χ0) is 26.0. The minimum absolute atomic E-state index is 0.216. The van der Waals surface area contributed by atoms with Gasteiger partial charge in [-0.25, -0.2) is 0 Å². The molecule has 0 fully saturated rings. The molecule has 0 unspecified atom stereocenters. The van der Waals surface area contributed by atoms with Crippen molar-refractivity contribution < 1.29 is 13.0 Å². The third kappa shape index (κ3) is 5.29. The smallest absolute Gasteiger partial charge is 0.264 e. The molecule has 0 radical (unpaired) electrons. The molecule has 0 aromatic heterocycles. The Balaban J connectivity index is 1.59. The van der Waals surface area contributed by atoms with E-state index in [1.54, 1.807) is 23.5 Å². The van der Waals surface area contributed by atoms with E-state index in [1.165, 1.54) is 33.4 Å². The van der Waals surface area contributed by atoms with Crippen LogP contribution >= 0.6 is 35.7 Å². The summed E-state index contributed by atoms with van der Waals surface area (Å²) in [6.45, 7) is 1.95. The summed E-state index contributed by atoms with van der Waals surface area (Å²) >= 11 is 8.51. The highest BCUT2D eigenvalue weighted by Gasteiger charge is 2.45. The Hall–Kier alpha value is -2.42. The first-order valence-corrected chi connectivity index (χ1v) is 15.8. The van der Waals surface area contributed by atoms with Gasteiger partial charge < -0.3 is 0 Å². The van der Waals surface area contributed by atoms with E-state index in [1.807, 2.05) is 6.92 Å². The Morgan fingerprint density at radius 3 is 1.76 bits per heavy atom. The maximum atomic E-state index is 11.0. The van der Waals surface area contributed by atoms with Crippen molar-refractivity contribution in [1.29, 1.82) is 0 Å². The molecule has 1 aliphatic rings. The van der Waals surface area contributed by atoms with Crippen LogP contribution < -0.4 is 0 Å². The van der Waals surface area contributed by atoms with E-state index in [0.717, 1.165) is 14.0 Å². The lowest BCUT2D eigenvalue weighted by Crippen LogP contribution is -2.28. The number of thiocarbonyl (C=S) groups is 1. The van der Waals surface area contributed by atoms with Crippen LogP contribution in [0.2, 0.25) is 0 Å². The first-order chi connectivity index (χ1) is 17.8. The van der Waals surface area contributed by atoms with Gasteiger partial charge in [-0.05, 0) is 76.7 Å². The average Bonchev–Trinajstić information content (AvgIpc) is 3.18. The van der Waals surface area contributed by atoms with Gasteiger partial charge in [-0.15, -0.1) is 11.8 Å². The van der Waals surface area contributed by atoms with Crippen LogP contribution in [0.15, 0.2) is 107 Å². The predicted octanol–water partition coefficient (Wildman–Crippen LogP) is 7.86. The fourth-order valence-electron chi connectivity index (χ4n) is 5.20. The van der Waals surface area contributed by atoms with Crippen LogP contribution in [-0.4, -0.2) is 28.7 Å². The molecule has 37 heavy (non-hydrogen) atoms. The molecular weight excluding hydrogens is 537 g/mol. The molecule has 0 atom stereocenters. The normalized spacial score (nSPS) is 13.7. The van der Waals surface area contributed by atoms with Crippen LogP contribution in [-0.2, 0) is 15.5 Å². The van der Waals surface area contributed by atoms with Crippen molar-refractivity contribution in [3.05, 3.63) is 119 Å². The van der Waals surface area contributed by atoms with E-state index < -0.39 is 15.5 Å². The minimum Gasteiger partial charge on any atom is -0.286 e. The molecule has 0 saturated heterocycles. The molecule has 3 nitrogen and oxygen atoms in total. The van der Waals surface area contributed by atoms with Gasteiger partial charge in [0.15, 0.2) is 0 Å². The van der Waals surface area contributed by atoms with Crippen LogP contribution in [0.3, 0.4) is 0 Å². The van der Waals surface area contributed by atoms with Gasteiger partial charge in [-0.2, -0.15) is 8.42 Å². The van der Waals surface area contributed by atoms with Gasteiger partial charge in [0.05, 0.1) is 11.2 Å². The van der Waals surface area contributed by atoms with Crippen LogP contribution in [0.5, 0.6) is 0 Å². The lowest BCUT2D eigenvalue weighted by Gasteiger charge is -2.34. The van der Waals surface area contributed by atoms with Crippen LogP contribution in [0.25, 0.3) is 11.1 Å². The van der Waals surface area contributed by atoms with E-state index in [4.69, 9.17) is 16.8 Å². The van der Waals surface area contributed by atoms with Crippen molar-refractivity contribution in [2.24, 2.45) is 0 Å². The quantitative estimate of drug-likeness (QED) is 0.0899. The van der Waals surface area contributed by atoms with E-state index in [-0.39, 0.29) is 5.75 Å². The fourth-order valence-corrected chi connectivity index (χ4v) is 7.63. The monoisotopic (exact) mass is 562 g/mol. The Bertz CT molecular complexity index is 1500. The molecule has 0 aliphatic heterocycles. The first kappa shape index (κ1) is 26.2. The summed E-state index contributed by atoms with van der Waals surface area (Å²) in [7, 11) is -3.92. The molecule has 7 heteroatoms. The van der Waals surface area contributed by atoms with Crippen LogP contribution in [0.1, 0.15) is 35.6 Å². The molecule has 0 bridgehead atoms. The van der Waals surface area contributed by atoms with Gasteiger partial charge in [0, 0.05) is 14.0 Å². The summed E-state index contributed by atoms with van der Waals surface area (Å²) in [5.41, 5.74) is 6.93. The first-order valence-electron chi connectivity index (χ1n) is 12.0. The van der Waals surface area contributed by atoms with Crippen molar-refractivity contribution >= 4 is 50.1 Å². The van der Waals surface area contributed by atoms with Gasteiger partial charge in [0.25, 0.3) is 10.1 Å². The minimum atomic E-state index is -3.92. The number of hydrogen-bond donors (Lipinski definition) is 1. The Labute approximate surface area is 232 Å². The highest BCUT2D eigenvalue weighted by atomic mass is 32.2. The largest absolute Gasteiger partial charge is 0.286 e. The van der Waals surface area contributed by atoms with Gasteiger partial charge in [-0.3, -0.25) is 4.55 Å². The van der Waals surface area contributed by atoms with E-state index >= 15 is 0 Å². The summed E-state index contributed by atoms with van der Waals surface area (Å²) in [6.07, 6.45) is 0.404. The number of fused-ring (bicyclic) bond motifs is 3. The summed E-state index contributed by atoms with van der Waals surface area (Å²) in [5, 5.41) is 0. The highest BCUT2D eigenvalue weighted by molar-refractivity contribution is 8.23. The second-order valence-corrected chi connectivity index (χ2v) is 13.9. The molecule has 1 N–H and O–H groups in total. The lowest BCUT2D eigenvalue weighted by atomic mass is 9.68. The summed E-state index contributed by atoms with van der Waals surface area (Å²) in [6, 6.07) is 34.6. The van der Waals surface area contributed by atoms with Gasteiger partial charge in [0.1, 0.15) is 0 Å². The topological polar surface area (TPSA) is 54.4 Å². The molecule has 188 valence electrons. The molecule has 5 rings (SSSR count). The third-order valence-electron chi connectivity index (χ3n) is 6.60. The molecule has 1 aliphatic carbocycles. The number of rotatable bonds is 8. The van der Waals surface area contributed by atoms with Crippen molar-refractivity contribution in [1.82, 2.24) is 0 Å². The predicted molar refractivity (Wildman–Crippen MR) is 160 cm³/mol. The Kier molecular flexibility index (Phi) is 7.61. The Morgan fingerprint density at radius 2 is 1.27 bits per heavy atom. The summed E-state index contributed by atoms with van der Waals surface area (Å²) in [4.78, 5) is 2.19. The van der Waals surface area contributed by atoms with E-state index in [9.17, 15) is 8.42 Å². The summed E-state index contributed by atoms with van der Waals surface area (Å²) < 4.78 is 31.9. The van der Waals surface area contributed by atoms with E-state index in [0.29, 0.717) is 12.2 Å². The average molecular weight is 563 g/mol. The van der Waals surface area contributed by atoms with Gasteiger partial charge in [-0.1, -0.05) is 96.8 Å². The lowest BCUT2D eigenvalue weighted by molar-refractivity contribution is 0.482. The third-order valence-corrected chi connectivity index (χ3v) is 9.55. The zero-order valence-corrected chi connectivity index (χ0v) is 23.5. The fraction of sp³-hybridized carbons (Fsp3) is 0.167. The molecule has 0 heterocycles.